The zero-order valence-electron chi connectivity index (χ0n) is 22.2. The van der Waals surface area contributed by atoms with Crippen LogP contribution in [0.2, 0.25) is 0 Å². The fourth-order valence-electron chi connectivity index (χ4n) is 5.14. The molecule has 0 unspecified atom stereocenters. The van der Waals surface area contributed by atoms with Crippen LogP contribution in [0.5, 0.6) is 0 Å². The van der Waals surface area contributed by atoms with E-state index in [1.807, 2.05) is 60.4 Å². The van der Waals surface area contributed by atoms with Crippen molar-refractivity contribution in [2.24, 2.45) is 0 Å². The number of anilines is 2. The zero-order chi connectivity index (χ0) is 27.2. The first kappa shape index (κ1) is 26.3. The molecule has 8 nitrogen and oxygen atoms in total. The van der Waals surface area contributed by atoms with E-state index in [9.17, 15) is 14.4 Å². The van der Waals surface area contributed by atoms with Gasteiger partial charge in [0.1, 0.15) is 0 Å². The minimum atomic E-state index is -0.237. The van der Waals surface area contributed by atoms with E-state index in [2.05, 4.69) is 33.0 Å². The summed E-state index contributed by atoms with van der Waals surface area (Å²) in [6.45, 7) is 5.09. The second kappa shape index (κ2) is 12.0. The number of hydrogen-bond acceptors (Lipinski definition) is 4. The largest absolute Gasteiger partial charge is 0.368 e. The Morgan fingerprint density at radius 2 is 1.56 bits per heavy atom. The quantitative estimate of drug-likeness (QED) is 0.424. The van der Waals surface area contributed by atoms with Crippen LogP contribution in [0.4, 0.5) is 16.2 Å². The molecule has 1 aliphatic heterocycles. The first-order valence-electron chi connectivity index (χ1n) is 13.7. The lowest BCUT2D eigenvalue weighted by atomic mass is 10.1. The highest BCUT2D eigenvalue weighted by Crippen LogP contribution is 2.41. The molecule has 3 aromatic rings. The van der Waals surface area contributed by atoms with E-state index < -0.39 is 0 Å². The molecule has 1 aliphatic carbocycles. The number of nitrogens with zero attached hydrogens (tertiary/aromatic N) is 2. The predicted octanol–water partition coefficient (Wildman–Crippen LogP) is 4.47. The molecule has 1 heterocycles. The molecule has 0 spiro atoms. The van der Waals surface area contributed by atoms with E-state index in [1.165, 1.54) is 5.56 Å². The Labute approximate surface area is 229 Å². The number of carbonyl (C=O) groups excluding carboxylic acids is 3. The molecule has 39 heavy (non-hydrogen) atoms. The van der Waals surface area contributed by atoms with Crippen LogP contribution < -0.4 is 20.9 Å². The maximum atomic E-state index is 13.2. The molecule has 3 N–H and O–H groups in total. The van der Waals surface area contributed by atoms with Gasteiger partial charge in [0.05, 0.1) is 11.4 Å². The Hall–Kier alpha value is -4.33. The second-order valence-corrected chi connectivity index (χ2v) is 10.0. The third-order valence-corrected chi connectivity index (χ3v) is 7.33. The first-order valence-corrected chi connectivity index (χ1v) is 13.7. The summed E-state index contributed by atoms with van der Waals surface area (Å²) in [7, 11) is 0. The van der Waals surface area contributed by atoms with Gasteiger partial charge in [-0.2, -0.15) is 0 Å². The lowest BCUT2D eigenvalue weighted by Gasteiger charge is -2.26. The summed E-state index contributed by atoms with van der Waals surface area (Å²) in [5.41, 5.74) is 3.69. The number of urea groups is 1. The summed E-state index contributed by atoms with van der Waals surface area (Å²) >= 11 is 0. The van der Waals surface area contributed by atoms with Crippen LogP contribution in [0.3, 0.4) is 0 Å². The van der Waals surface area contributed by atoms with Gasteiger partial charge in [-0.05, 0) is 55.7 Å². The summed E-state index contributed by atoms with van der Waals surface area (Å²) in [5.74, 6) is -0.0605. The summed E-state index contributed by atoms with van der Waals surface area (Å²) in [6, 6.07) is 24.8. The van der Waals surface area contributed by atoms with Crippen molar-refractivity contribution in [3.8, 4) is 0 Å². The highest BCUT2D eigenvalue weighted by Gasteiger charge is 2.39. The summed E-state index contributed by atoms with van der Waals surface area (Å²) in [6.07, 6.45) is 1.72. The number of rotatable bonds is 7. The molecule has 5 rings (SSSR count). The van der Waals surface area contributed by atoms with Gasteiger partial charge < -0.3 is 25.8 Å². The SMILES string of the molecule is CCNC(=O)N1CCCN(c2ccc(C(=O)N[C@H]3C[C@@H]3c3ccccc3)cc2NC(=O)c2ccccc2)CC1. The van der Waals surface area contributed by atoms with Crippen LogP contribution in [0.25, 0.3) is 0 Å². The fraction of sp³-hybridized carbons (Fsp3) is 0.323. The molecule has 8 heteroatoms. The Morgan fingerprint density at radius 3 is 2.31 bits per heavy atom. The third-order valence-electron chi connectivity index (χ3n) is 7.33. The average Bonchev–Trinajstić information content (AvgIpc) is 3.77. The number of amides is 4. The van der Waals surface area contributed by atoms with E-state index in [0.29, 0.717) is 48.9 Å². The lowest BCUT2D eigenvalue weighted by Crippen LogP contribution is -2.42. The monoisotopic (exact) mass is 525 g/mol. The van der Waals surface area contributed by atoms with E-state index in [-0.39, 0.29) is 23.9 Å². The minimum Gasteiger partial charge on any atom is -0.368 e. The number of carbonyl (C=O) groups is 3. The van der Waals surface area contributed by atoms with Crippen LogP contribution in [-0.2, 0) is 0 Å². The van der Waals surface area contributed by atoms with Crippen molar-refractivity contribution < 1.29 is 14.4 Å². The normalized spacial score (nSPS) is 18.6. The molecule has 202 valence electrons. The van der Waals surface area contributed by atoms with Crippen molar-refractivity contribution in [1.29, 1.82) is 0 Å². The van der Waals surface area contributed by atoms with Crippen molar-refractivity contribution in [2.75, 3.05) is 42.9 Å². The van der Waals surface area contributed by atoms with Gasteiger partial charge in [-0.25, -0.2) is 4.79 Å². The summed E-state index contributed by atoms with van der Waals surface area (Å²) < 4.78 is 0. The van der Waals surface area contributed by atoms with E-state index in [1.54, 1.807) is 18.2 Å². The molecule has 0 bridgehead atoms. The van der Waals surface area contributed by atoms with Gasteiger partial charge in [-0.1, -0.05) is 48.5 Å². The molecular formula is C31H35N5O3. The lowest BCUT2D eigenvalue weighted by molar-refractivity contribution is 0.0949. The molecular weight excluding hydrogens is 490 g/mol. The summed E-state index contributed by atoms with van der Waals surface area (Å²) in [4.78, 5) is 42.7. The molecule has 0 radical (unpaired) electrons. The van der Waals surface area contributed by atoms with Crippen molar-refractivity contribution >= 4 is 29.2 Å². The molecule has 2 aliphatic rings. The van der Waals surface area contributed by atoms with Gasteiger partial charge in [-0.15, -0.1) is 0 Å². The first-order chi connectivity index (χ1) is 19.0. The van der Waals surface area contributed by atoms with E-state index in [4.69, 9.17) is 0 Å². The van der Waals surface area contributed by atoms with Gasteiger partial charge >= 0.3 is 6.03 Å². The molecule has 1 saturated heterocycles. The number of hydrogen-bond donors (Lipinski definition) is 3. The van der Waals surface area contributed by atoms with E-state index >= 15 is 0 Å². The number of benzene rings is 3. The molecule has 1 saturated carbocycles. The van der Waals surface area contributed by atoms with Gasteiger partial charge in [0.25, 0.3) is 11.8 Å². The average molecular weight is 526 g/mol. The van der Waals surface area contributed by atoms with Crippen LogP contribution >= 0.6 is 0 Å². The maximum Gasteiger partial charge on any atom is 0.317 e. The smallest absolute Gasteiger partial charge is 0.317 e. The van der Waals surface area contributed by atoms with Crippen LogP contribution in [0.15, 0.2) is 78.9 Å². The highest BCUT2D eigenvalue weighted by molar-refractivity contribution is 6.07. The van der Waals surface area contributed by atoms with Gasteiger partial charge in [-0.3, -0.25) is 9.59 Å². The molecule has 0 aromatic heterocycles. The van der Waals surface area contributed by atoms with Gasteiger partial charge in [0.2, 0.25) is 0 Å². The molecule has 4 amide bonds. The van der Waals surface area contributed by atoms with Gasteiger partial charge in [0, 0.05) is 55.8 Å². The third kappa shape index (κ3) is 6.39. The summed E-state index contributed by atoms with van der Waals surface area (Å²) in [5, 5.41) is 9.07. The van der Waals surface area contributed by atoms with Crippen molar-refractivity contribution in [3.63, 3.8) is 0 Å². The molecule has 3 aromatic carbocycles. The fourth-order valence-corrected chi connectivity index (χ4v) is 5.14. The van der Waals surface area contributed by atoms with Crippen molar-refractivity contribution in [1.82, 2.24) is 15.5 Å². The van der Waals surface area contributed by atoms with E-state index in [0.717, 1.165) is 25.1 Å². The van der Waals surface area contributed by atoms with Crippen LogP contribution in [0.1, 0.15) is 52.0 Å². The second-order valence-electron chi connectivity index (χ2n) is 10.0. The topological polar surface area (TPSA) is 93.8 Å². The molecule has 2 atom stereocenters. The zero-order valence-corrected chi connectivity index (χ0v) is 22.2. The maximum absolute atomic E-state index is 13.2. The Morgan fingerprint density at radius 1 is 0.821 bits per heavy atom. The highest BCUT2D eigenvalue weighted by atomic mass is 16.2. The standard InChI is InChI=1S/C31H35N5O3/c1-2-32-31(39)36-17-9-16-35(18-19-36)28-15-14-24(20-27(28)34-29(37)23-12-7-4-8-13-23)30(38)33-26-21-25(26)22-10-5-3-6-11-22/h3-8,10-15,20,25-26H,2,9,16-19,21H2,1H3,(H,32,39)(H,33,38)(H,34,37)/t25-,26+/m1/s1. The van der Waals surface area contributed by atoms with Crippen molar-refractivity contribution in [3.05, 3.63) is 95.6 Å². The Kier molecular flexibility index (Phi) is 8.10. The van der Waals surface area contributed by atoms with Crippen LogP contribution in [0, 0.1) is 0 Å². The van der Waals surface area contributed by atoms with Gasteiger partial charge in [0.15, 0.2) is 0 Å². The number of nitrogens with one attached hydrogen (secondary N) is 3. The predicted molar refractivity (Wildman–Crippen MR) is 153 cm³/mol. The van der Waals surface area contributed by atoms with Crippen LogP contribution in [-0.4, -0.2) is 61.5 Å². The molecule has 2 fully saturated rings. The Balaban J connectivity index is 1.35. The van der Waals surface area contributed by atoms with Crippen molar-refractivity contribution in [2.45, 2.75) is 31.7 Å². The Bertz CT molecular complexity index is 1310. The minimum absolute atomic E-state index is 0.0575.